The largest absolute Gasteiger partial charge is 0.326 e. The Morgan fingerprint density at radius 3 is 2.53 bits per heavy atom. The molecule has 0 amide bonds. The molecule has 0 fully saturated rings. The lowest BCUT2D eigenvalue weighted by Gasteiger charge is -2.23. The van der Waals surface area contributed by atoms with Gasteiger partial charge in [0.1, 0.15) is 0 Å². The number of nitrogens with zero attached hydrogens (tertiary/aromatic N) is 1. The highest BCUT2D eigenvalue weighted by molar-refractivity contribution is 6.31. The zero-order valence-electron chi connectivity index (χ0n) is 11.0. The Bertz CT molecular complexity index is 350. The monoisotopic (exact) mass is 254 g/mol. The lowest BCUT2D eigenvalue weighted by molar-refractivity contribution is 0.248. The third kappa shape index (κ3) is 4.66. The highest BCUT2D eigenvalue weighted by Gasteiger charge is 2.08. The van der Waals surface area contributed by atoms with Crippen molar-refractivity contribution in [1.82, 2.24) is 4.90 Å². The molecule has 0 atom stereocenters. The van der Waals surface area contributed by atoms with Crippen LogP contribution in [0, 0.1) is 5.92 Å². The lowest BCUT2D eigenvalue weighted by atomic mass is 10.1. The van der Waals surface area contributed by atoms with Crippen LogP contribution in [-0.4, -0.2) is 18.0 Å². The molecule has 17 heavy (non-hydrogen) atoms. The van der Waals surface area contributed by atoms with Crippen LogP contribution in [0.2, 0.25) is 5.02 Å². The van der Waals surface area contributed by atoms with Gasteiger partial charge in [-0.05, 0) is 29.7 Å². The standard InChI is InChI=1S/C14H23ClN2/c1-4-17(9-11(2)3)10-13-6-5-12(8-16)7-14(13)15/h5-7,11H,4,8-10,16H2,1-3H3. The Balaban J connectivity index is 2.72. The molecule has 0 aliphatic rings. The van der Waals surface area contributed by atoms with Crippen LogP contribution < -0.4 is 5.73 Å². The topological polar surface area (TPSA) is 29.3 Å². The van der Waals surface area contributed by atoms with E-state index in [-0.39, 0.29) is 0 Å². The normalized spacial score (nSPS) is 11.5. The molecule has 0 radical (unpaired) electrons. The van der Waals surface area contributed by atoms with Gasteiger partial charge in [0.15, 0.2) is 0 Å². The third-order valence-corrected chi connectivity index (χ3v) is 3.17. The van der Waals surface area contributed by atoms with Gasteiger partial charge in [-0.2, -0.15) is 0 Å². The molecule has 3 heteroatoms. The van der Waals surface area contributed by atoms with Crippen LogP contribution in [0.1, 0.15) is 31.9 Å². The molecule has 0 heterocycles. The van der Waals surface area contributed by atoms with Crippen LogP contribution in [0.15, 0.2) is 18.2 Å². The summed E-state index contributed by atoms with van der Waals surface area (Å²) < 4.78 is 0. The van der Waals surface area contributed by atoms with Crippen molar-refractivity contribution in [3.05, 3.63) is 34.3 Å². The fraction of sp³-hybridized carbons (Fsp3) is 0.571. The van der Waals surface area contributed by atoms with Gasteiger partial charge in [0.05, 0.1) is 0 Å². The fourth-order valence-corrected chi connectivity index (χ4v) is 2.17. The molecule has 0 saturated carbocycles. The Morgan fingerprint density at radius 2 is 2.06 bits per heavy atom. The minimum absolute atomic E-state index is 0.545. The number of benzene rings is 1. The third-order valence-electron chi connectivity index (χ3n) is 2.82. The molecule has 96 valence electrons. The minimum atomic E-state index is 0.545. The quantitative estimate of drug-likeness (QED) is 0.844. The van der Waals surface area contributed by atoms with E-state index >= 15 is 0 Å². The van der Waals surface area contributed by atoms with Gasteiger partial charge in [-0.15, -0.1) is 0 Å². The van der Waals surface area contributed by atoms with Crippen molar-refractivity contribution < 1.29 is 0 Å². The van der Waals surface area contributed by atoms with E-state index < -0.39 is 0 Å². The predicted molar refractivity (Wildman–Crippen MR) is 75.1 cm³/mol. The summed E-state index contributed by atoms with van der Waals surface area (Å²) >= 11 is 6.26. The van der Waals surface area contributed by atoms with Crippen molar-refractivity contribution in [2.24, 2.45) is 11.7 Å². The molecular weight excluding hydrogens is 232 g/mol. The van der Waals surface area contributed by atoms with Crippen molar-refractivity contribution in [1.29, 1.82) is 0 Å². The van der Waals surface area contributed by atoms with Gasteiger partial charge in [0.2, 0.25) is 0 Å². The first-order valence-electron chi connectivity index (χ1n) is 6.26. The molecule has 2 N–H and O–H groups in total. The summed E-state index contributed by atoms with van der Waals surface area (Å²) in [5.41, 5.74) is 7.87. The van der Waals surface area contributed by atoms with Crippen LogP contribution in [0.5, 0.6) is 0 Å². The van der Waals surface area contributed by atoms with Crippen molar-refractivity contribution in [3.63, 3.8) is 0 Å². The van der Waals surface area contributed by atoms with E-state index in [1.165, 1.54) is 5.56 Å². The van der Waals surface area contributed by atoms with E-state index in [2.05, 4.69) is 37.8 Å². The summed E-state index contributed by atoms with van der Waals surface area (Å²) in [6.07, 6.45) is 0. The van der Waals surface area contributed by atoms with E-state index in [9.17, 15) is 0 Å². The molecule has 0 aliphatic carbocycles. The molecule has 0 bridgehead atoms. The van der Waals surface area contributed by atoms with Gasteiger partial charge in [-0.25, -0.2) is 0 Å². The summed E-state index contributed by atoms with van der Waals surface area (Å²) in [7, 11) is 0. The van der Waals surface area contributed by atoms with Gasteiger partial charge in [0.25, 0.3) is 0 Å². The van der Waals surface area contributed by atoms with E-state index in [4.69, 9.17) is 17.3 Å². The molecular formula is C14H23ClN2. The molecule has 1 rings (SSSR count). The van der Waals surface area contributed by atoms with Crippen molar-refractivity contribution in [3.8, 4) is 0 Å². The maximum atomic E-state index is 6.26. The first kappa shape index (κ1) is 14.5. The number of halogens is 1. The molecule has 1 aromatic carbocycles. The second-order valence-corrected chi connectivity index (χ2v) is 5.26. The van der Waals surface area contributed by atoms with Crippen LogP contribution >= 0.6 is 11.6 Å². The highest BCUT2D eigenvalue weighted by atomic mass is 35.5. The molecule has 0 aliphatic heterocycles. The maximum absolute atomic E-state index is 6.26. The lowest BCUT2D eigenvalue weighted by Crippen LogP contribution is -2.27. The second-order valence-electron chi connectivity index (χ2n) is 4.85. The van der Waals surface area contributed by atoms with Crippen LogP contribution in [0.4, 0.5) is 0 Å². The van der Waals surface area contributed by atoms with E-state index in [1.807, 2.05) is 6.07 Å². The van der Waals surface area contributed by atoms with Crippen LogP contribution in [-0.2, 0) is 13.1 Å². The Kier molecular flexibility index (Phi) is 5.96. The van der Waals surface area contributed by atoms with E-state index in [0.717, 1.165) is 30.2 Å². The molecule has 0 unspecified atom stereocenters. The molecule has 0 aromatic heterocycles. The molecule has 1 aromatic rings. The number of nitrogens with two attached hydrogens (primary N) is 1. The zero-order chi connectivity index (χ0) is 12.8. The number of rotatable bonds is 6. The van der Waals surface area contributed by atoms with Crippen LogP contribution in [0.25, 0.3) is 0 Å². The van der Waals surface area contributed by atoms with E-state index in [1.54, 1.807) is 0 Å². The first-order chi connectivity index (χ1) is 8.06. The Labute approximate surface area is 110 Å². The second kappa shape index (κ2) is 7.00. The molecule has 0 spiro atoms. The van der Waals surface area contributed by atoms with Gasteiger partial charge in [0, 0.05) is 24.7 Å². The Morgan fingerprint density at radius 1 is 1.35 bits per heavy atom. The predicted octanol–water partition coefficient (Wildman–Crippen LogP) is 3.28. The summed E-state index contributed by atoms with van der Waals surface area (Å²) in [5, 5.41) is 0.829. The summed E-state index contributed by atoms with van der Waals surface area (Å²) in [6, 6.07) is 6.12. The number of hydrogen-bond acceptors (Lipinski definition) is 2. The minimum Gasteiger partial charge on any atom is -0.326 e. The average molecular weight is 255 g/mol. The smallest absolute Gasteiger partial charge is 0.0454 e. The van der Waals surface area contributed by atoms with Crippen molar-refractivity contribution >= 4 is 11.6 Å². The van der Waals surface area contributed by atoms with Crippen molar-refractivity contribution in [2.45, 2.75) is 33.9 Å². The van der Waals surface area contributed by atoms with Gasteiger partial charge in [-0.1, -0.05) is 44.5 Å². The fourth-order valence-electron chi connectivity index (χ4n) is 1.91. The number of hydrogen-bond donors (Lipinski definition) is 1. The van der Waals surface area contributed by atoms with Crippen molar-refractivity contribution in [2.75, 3.05) is 13.1 Å². The highest BCUT2D eigenvalue weighted by Crippen LogP contribution is 2.20. The Hall–Kier alpha value is -0.570. The van der Waals surface area contributed by atoms with E-state index in [0.29, 0.717) is 12.5 Å². The van der Waals surface area contributed by atoms with Gasteiger partial charge < -0.3 is 5.73 Å². The zero-order valence-corrected chi connectivity index (χ0v) is 11.8. The summed E-state index contributed by atoms with van der Waals surface area (Å²) in [5.74, 6) is 0.678. The van der Waals surface area contributed by atoms with Gasteiger partial charge >= 0.3 is 0 Å². The molecule has 0 saturated heterocycles. The van der Waals surface area contributed by atoms with Crippen LogP contribution in [0.3, 0.4) is 0 Å². The molecule has 2 nitrogen and oxygen atoms in total. The summed E-state index contributed by atoms with van der Waals surface area (Å²) in [6.45, 7) is 10.3. The average Bonchev–Trinajstić information content (AvgIpc) is 2.29. The van der Waals surface area contributed by atoms with Gasteiger partial charge in [-0.3, -0.25) is 4.90 Å². The first-order valence-corrected chi connectivity index (χ1v) is 6.64. The SMILES string of the molecule is CCN(Cc1ccc(CN)cc1Cl)CC(C)C. The maximum Gasteiger partial charge on any atom is 0.0454 e. The summed E-state index contributed by atoms with van der Waals surface area (Å²) in [4.78, 5) is 2.41.